The Morgan fingerprint density at radius 1 is 1.32 bits per heavy atom. The van der Waals surface area contributed by atoms with Crippen molar-refractivity contribution in [3.8, 4) is 5.88 Å². The molecule has 0 radical (unpaired) electrons. The molecule has 4 rings (SSSR count). The number of nitrogens with one attached hydrogen (secondary N) is 1. The van der Waals surface area contributed by atoms with E-state index in [1.807, 2.05) is 19.1 Å². The van der Waals surface area contributed by atoms with E-state index in [1.165, 1.54) is 12.8 Å². The Morgan fingerprint density at radius 2 is 2.11 bits per heavy atom. The summed E-state index contributed by atoms with van der Waals surface area (Å²) in [6, 6.07) is 3.69. The summed E-state index contributed by atoms with van der Waals surface area (Å²) >= 11 is 0. The van der Waals surface area contributed by atoms with Crippen LogP contribution in [0.15, 0.2) is 16.7 Å². The molecule has 1 aliphatic carbocycles. The molecule has 1 atom stereocenters. The van der Waals surface area contributed by atoms with E-state index in [9.17, 15) is 4.79 Å². The van der Waals surface area contributed by atoms with Crippen LogP contribution in [0.2, 0.25) is 0 Å². The Bertz CT molecular complexity index is 827. The summed E-state index contributed by atoms with van der Waals surface area (Å²) in [6.07, 6.45) is 5.20. The van der Waals surface area contributed by atoms with Gasteiger partial charge in [0.2, 0.25) is 11.8 Å². The smallest absolute Gasteiger partial charge is 0.272 e. The fourth-order valence-corrected chi connectivity index (χ4v) is 3.42. The molecule has 28 heavy (non-hydrogen) atoms. The summed E-state index contributed by atoms with van der Waals surface area (Å²) in [5.74, 6) is 2.05. The maximum Gasteiger partial charge on any atom is 0.272 e. The number of hydrogen-bond acceptors (Lipinski definition) is 7. The van der Waals surface area contributed by atoms with Gasteiger partial charge in [-0.2, -0.15) is 4.98 Å². The molecular weight excluding hydrogens is 358 g/mol. The lowest BCUT2D eigenvalue weighted by molar-refractivity contribution is 0.0934. The molecule has 1 saturated carbocycles. The lowest BCUT2D eigenvalue weighted by atomic mass is 10.2. The highest BCUT2D eigenvalue weighted by Gasteiger charge is 2.25. The Morgan fingerprint density at radius 3 is 2.79 bits per heavy atom. The summed E-state index contributed by atoms with van der Waals surface area (Å²) in [6.45, 7) is 6.24. The fraction of sp³-hybridized carbons (Fsp3) is 0.600. The van der Waals surface area contributed by atoms with E-state index in [-0.39, 0.29) is 11.9 Å². The van der Waals surface area contributed by atoms with Crippen molar-refractivity contribution in [2.24, 2.45) is 5.92 Å². The highest BCUT2D eigenvalue weighted by atomic mass is 16.5. The number of carbonyl (C=O) groups excluding carboxylic acids is 1. The molecule has 1 N–H and O–H groups in total. The average molecular weight is 385 g/mol. The minimum Gasteiger partial charge on any atom is -0.477 e. The molecule has 2 aliphatic rings. The molecule has 1 unspecified atom stereocenters. The maximum absolute atomic E-state index is 13.0. The van der Waals surface area contributed by atoms with Crippen LogP contribution in [0.1, 0.15) is 54.8 Å². The van der Waals surface area contributed by atoms with Gasteiger partial charge in [-0.3, -0.25) is 4.79 Å². The Labute approximate surface area is 164 Å². The van der Waals surface area contributed by atoms with Gasteiger partial charge in [-0.05, 0) is 44.6 Å². The van der Waals surface area contributed by atoms with Gasteiger partial charge < -0.3 is 19.5 Å². The molecule has 8 nitrogen and oxygen atoms in total. The number of hydrogen-bond donors (Lipinski definition) is 1. The van der Waals surface area contributed by atoms with E-state index in [1.54, 1.807) is 6.92 Å². The first kappa shape index (κ1) is 18.7. The molecule has 150 valence electrons. The van der Waals surface area contributed by atoms with E-state index >= 15 is 0 Å². The molecule has 1 aliphatic heterocycles. The van der Waals surface area contributed by atoms with Crippen molar-refractivity contribution in [1.29, 1.82) is 0 Å². The van der Waals surface area contributed by atoms with Gasteiger partial charge in [0.25, 0.3) is 5.91 Å². The highest BCUT2D eigenvalue weighted by molar-refractivity contribution is 5.98. The normalized spacial score (nSPS) is 17.6. The van der Waals surface area contributed by atoms with Gasteiger partial charge >= 0.3 is 0 Å². The Hall–Kier alpha value is -2.64. The van der Waals surface area contributed by atoms with Crippen LogP contribution in [0, 0.1) is 12.8 Å². The molecule has 3 heterocycles. The van der Waals surface area contributed by atoms with Crippen molar-refractivity contribution in [2.45, 2.75) is 52.0 Å². The lowest BCUT2D eigenvalue weighted by Crippen LogP contribution is -2.36. The number of aromatic nitrogens is 3. The van der Waals surface area contributed by atoms with Crippen molar-refractivity contribution in [3.05, 3.63) is 29.5 Å². The molecule has 0 bridgehead atoms. The van der Waals surface area contributed by atoms with Crippen molar-refractivity contribution in [3.63, 3.8) is 0 Å². The van der Waals surface area contributed by atoms with Crippen LogP contribution < -0.4 is 15.0 Å². The highest BCUT2D eigenvalue weighted by Crippen LogP contribution is 2.30. The van der Waals surface area contributed by atoms with E-state index in [2.05, 4.69) is 25.3 Å². The van der Waals surface area contributed by atoms with Crippen LogP contribution in [-0.2, 0) is 6.42 Å². The maximum atomic E-state index is 13.0. The summed E-state index contributed by atoms with van der Waals surface area (Å²) in [7, 11) is 0. The third-order valence-corrected chi connectivity index (χ3v) is 5.11. The number of rotatable bonds is 8. The molecule has 8 heteroatoms. The minimum absolute atomic E-state index is 0.145. The molecular formula is C20H27N5O3. The van der Waals surface area contributed by atoms with E-state index < -0.39 is 0 Å². The zero-order valence-corrected chi connectivity index (χ0v) is 16.5. The summed E-state index contributed by atoms with van der Waals surface area (Å²) in [4.78, 5) is 24.0. The van der Waals surface area contributed by atoms with Crippen molar-refractivity contribution >= 4 is 11.6 Å². The van der Waals surface area contributed by atoms with E-state index in [4.69, 9.17) is 9.26 Å². The molecule has 0 spiro atoms. The van der Waals surface area contributed by atoms with Gasteiger partial charge in [0.15, 0.2) is 11.5 Å². The van der Waals surface area contributed by atoms with Gasteiger partial charge in [0.05, 0.1) is 12.3 Å². The number of ether oxygens (including phenoxy) is 1. The third kappa shape index (κ3) is 4.61. The molecule has 2 aromatic rings. The molecule has 2 fully saturated rings. The standard InChI is InChI=1S/C20H27N5O3/c1-13(11-17-22-14(2)28-24-17)21-20(26)19-16(25-9-3-4-10-25)7-8-18(23-19)27-12-15-5-6-15/h7-8,13,15H,3-6,9-12H2,1-2H3,(H,21,26). The van der Waals surface area contributed by atoms with Gasteiger partial charge in [-0.15, -0.1) is 0 Å². The summed E-state index contributed by atoms with van der Waals surface area (Å²) in [5, 5.41) is 6.91. The van der Waals surface area contributed by atoms with Gasteiger partial charge in [0.1, 0.15) is 0 Å². The average Bonchev–Trinajstić information content (AvgIpc) is 3.16. The number of amides is 1. The van der Waals surface area contributed by atoms with E-state index in [0.717, 1.165) is 31.6 Å². The van der Waals surface area contributed by atoms with E-state index in [0.29, 0.717) is 42.2 Å². The topological polar surface area (TPSA) is 93.4 Å². The van der Waals surface area contributed by atoms with Crippen molar-refractivity contribution < 1.29 is 14.1 Å². The van der Waals surface area contributed by atoms with Crippen molar-refractivity contribution in [1.82, 2.24) is 20.4 Å². The van der Waals surface area contributed by atoms with Crippen LogP contribution in [-0.4, -0.2) is 46.8 Å². The summed E-state index contributed by atoms with van der Waals surface area (Å²) < 4.78 is 10.8. The second kappa shape index (κ2) is 8.16. The zero-order valence-electron chi connectivity index (χ0n) is 16.5. The molecule has 0 aromatic carbocycles. The third-order valence-electron chi connectivity index (χ3n) is 5.11. The number of anilines is 1. The predicted octanol–water partition coefficient (Wildman–Crippen LogP) is 2.52. The van der Waals surface area contributed by atoms with Crippen LogP contribution in [0.4, 0.5) is 5.69 Å². The van der Waals surface area contributed by atoms with Gasteiger partial charge in [-0.25, -0.2) is 4.98 Å². The second-order valence-electron chi connectivity index (χ2n) is 7.77. The zero-order chi connectivity index (χ0) is 19.5. The monoisotopic (exact) mass is 385 g/mol. The fourth-order valence-electron chi connectivity index (χ4n) is 3.42. The predicted molar refractivity (Wildman–Crippen MR) is 104 cm³/mol. The van der Waals surface area contributed by atoms with Gasteiger partial charge in [-0.1, -0.05) is 5.16 Å². The minimum atomic E-state index is -0.202. The first-order chi connectivity index (χ1) is 13.6. The molecule has 2 aromatic heterocycles. The SMILES string of the molecule is Cc1nc(CC(C)NC(=O)c2nc(OCC3CC3)ccc2N2CCCC2)no1. The van der Waals surface area contributed by atoms with Crippen LogP contribution in [0.5, 0.6) is 5.88 Å². The van der Waals surface area contributed by atoms with Crippen LogP contribution in [0.25, 0.3) is 0 Å². The number of pyridine rings is 1. The lowest BCUT2D eigenvalue weighted by Gasteiger charge is -2.22. The summed E-state index contributed by atoms with van der Waals surface area (Å²) in [5.41, 5.74) is 1.29. The molecule has 1 saturated heterocycles. The quantitative estimate of drug-likeness (QED) is 0.746. The number of carbonyl (C=O) groups is 1. The first-order valence-electron chi connectivity index (χ1n) is 10.1. The molecule has 1 amide bonds. The Balaban J connectivity index is 1.48. The second-order valence-corrected chi connectivity index (χ2v) is 7.77. The first-order valence-corrected chi connectivity index (χ1v) is 10.1. The van der Waals surface area contributed by atoms with Crippen LogP contribution >= 0.6 is 0 Å². The number of aryl methyl sites for hydroxylation is 1. The van der Waals surface area contributed by atoms with Crippen molar-refractivity contribution in [2.75, 3.05) is 24.6 Å². The number of nitrogens with zero attached hydrogens (tertiary/aromatic N) is 4. The van der Waals surface area contributed by atoms with Gasteiger partial charge in [0, 0.05) is 38.5 Å². The van der Waals surface area contributed by atoms with Crippen LogP contribution in [0.3, 0.4) is 0 Å². The largest absolute Gasteiger partial charge is 0.477 e. The Kier molecular flexibility index (Phi) is 5.45.